The maximum atomic E-state index is 11.9. The van der Waals surface area contributed by atoms with Gasteiger partial charge in [0.2, 0.25) is 0 Å². The van der Waals surface area contributed by atoms with Crippen molar-refractivity contribution in [1.82, 2.24) is 0 Å². The SMILES string of the molecule is CC(=O)OCC=C1CC[C@@H](OC(C)=O)[C@](C)(CCCC(C)C(CC=C(C)C)N=Nc2ccc([N+](=O)[O-])cc2[N+](=O)[O-])OC1. The van der Waals surface area contributed by atoms with Crippen molar-refractivity contribution in [2.75, 3.05) is 13.2 Å². The fourth-order valence-corrected chi connectivity index (χ4v) is 4.81. The van der Waals surface area contributed by atoms with Crippen LogP contribution < -0.4 is 0 Å². The second-order valence-corrected chi connectivity index (χ2v) is 11.3. The van der Waals surface area contributed by atoms with Gasteiger partial charge in [-0.2, -0.15) is 5.11 Å². The number of ether oxygens (including phenoxy) is 3. The van der Waals surface area contributed by atoms with Crippen LogP contribution in [0.1, 0.15) is 80.1 Å². The number of carbonyl (C=O) groups is 2. The van der Waals surface area contributed by atoms with Crippen molar-refractivity contribution in [3.8, 4) is 0 Å². The lowest BCUT2D eigenvalue weighted by Crippen LogP contribution is -2.43. The maximum Gasteiger partial charge on any atom is 0.303 e. The molecule has 0 saturated carbocycles. The van der Waals surface area contributed by atoms with Gasteiger partial charge in [-0.25, -0.2) is 0 Å². The topological polar surface area (TPSA) is 173 Å². The molecule has 1 fully saturated rings. The lowest BCUT2D eigenvalue weighted by molar-refractivity contribution is -0.393. The molecule has 0 amide bonds. The standard InChI is InChI=1S/C30H42N4O9/c1-20(2)9-12-26(31-32-27-13-11-25(33(37)38)18-28(27)34(39)40)21(3)8-7-16-30(6)29(43-23(5)36)14-10-24(19-42-30)15-17-41-22(4)35/h9,11,13,15,18,21,26,29H,7-8,10,12,14,16-17,19H2,1-6H3/t21?,26?,29-,30+/m1/s1. The lowest BCUT2D eigenvalue weighted by Gasteiger charge is -2.35. The zero-order valence-corrected chi connectivity index (χ0v) is 25.7. The Morgan fingerprint density at radius 1 is 1.16 bits per heavy atom. The van der Waals surface area contributed by atoms with Crippen LogP contribution >= 0.6 is 0 Å². The third-order valence-electron chi connectivity index (χ3n) is 7.40. The molecule has 13 heteroatoms. The van der Waals surface area contributed by atoms with Crippen LogP contribution in [0.25, 0.3) is 0 Å². The molecule has 1 heterocycles. The summed E-state index contributed by atoms with van der Waals surface area (Å²) in [4.78, 5) is 44.2. The summed E-state index contributed by atoms with van der Waals surface area (Å²) in [6, 6.07) is 2.98. The summed E-state index contributed by atoms with van der Waals surface area (Å²) < 4.78 is 17.0. The first-order valence-corrected chi connectivity index (χ1v) is 14.3. The molecule has 0 aliphatic carbocycles. The summed E-state index contributed by atoms with van der Waals surface area (Å²) in [5, 5.41) is 31.2. The minimum Gasteiger partial charge on any atom is -0.462 e. The van der Waals surface area contributed by atoms with Crippen LogP contribution in [-0.2, 0) is 23.8 Å². The first kappa shape index (κ1) is 35.2. The number of rotatable bonds is 14. The molecule has 0 N–H and O–H groups in total. The number of hydrogen-bond acceptors (Lipinski definition) is 11. The highest BCUT2D eigenvalue weighted by atomic mass is 16.6. The van der Waals surface area contributed by atoms with Gasteiger partial charge < -0.3 is 14.2 Å². The molecular formula is C30H42N4O9. The molecule has 1 aliphatic heterocycles. The van der Waals surface area contributed by atoms with Crippen molar-refractivity contribution in [1.29, 1.82) is 0 Å². The van der Waals surface area contributed by atoms with Crippen molar-refractivity contribution in [3.63, 3.8) is 0 Å². The van der Waals surface area contributed by atoms with E-state index in [0.717, 1.165) is 30.1 Å². The van der Waals surface area contributed by atoms with Crippen LogP contribution in [0.3, 0.4) is 0 Å². The summed E-state index contributed by atoms with van der Waals surface area (Å²) in [6.45, 7) is 11.1. The number of non-ortho nitro benzene ring substituents is 1. The van der Waals surface area contributed by atoms with E-state index in [-0.39, 0.29) is 36.2 Å². The number of benzene rings is 1. The van der Waals surface area contributed by atoms with Gasteiger partial charge in [-0.15, -0.1) is 5.11 Å². The summed E-state index contributed by atoms with van der Waals surface area (Å²) >= 11 is 0. The lowest BCUT2D eigenvalue weighted by atomic mass is 9.86. The van der Waals surface area contributed by atoms with Crippen LogP contribution in [0, 0.1) is 26.1 Å². The van der Waals surface area contributed by atoms with E-state index in [2.05, 4.69) is 10.2 Å². The Bertz CT molecular complexity index is 1260. The Balaban J connectivity index is 2.18. The number of hydrogen-bond donors (Lipinski definition) is 0. The van der Waals surface area contributed by atoms with Gasteiger partial charge in [0.05, 0.1) is 28.6 Å². The van der Waals surface area contributed by atoms with Crippen molar-refractivity contribution >= 4 is 29.0 Å². The maximum absolute atomic E-state index is 11.9. The van der Waals surface area contributed by atoms with Crippen LogP contribution in [0.2, 0.25) is 0 Å². The highest BCUT2D eigenvalue weighted by molar-refractivity contribution is 5.66. The zero-order chi connectivity index (χ0) is 32.2. The minimum absolute atomic E-state index is 0.0252. The number of allylic oxidation sites excluding steroid dienone is 1. The molecule has 0 aromatic heterocycles. The number of nitro groups is 2. The van der Waals surface area contributed by atoms with Gasteiger partial charge in [-0.3, -0.25) is 29.8 Å². The average molecular weight is 603 g/mol. The van der Waals surface area contributed by atoms with Gasteiger partial charge in [0.25, 0.3) is 5.69 Å². The van der Waals surface area contributed by atoms with Gasteiger partial charge in [-0.05, 0) is 76.5 Å². The Morgan fingerprint density at radius 2 is 1.88 bits per heavy atom. The van der Waals surface area contributed by atoms with E-state index in [1.807, 2.05) is 39.8 Å². The monoisotopic (exact) mass is 602 g/mol. The number of esters is 2. The quantitative estimate of drug-likeness (QED) is 0.0706. The average Bonchev–Trinajstić information content (AvgIpc) is 3.06. The normalized spacial score (nSPS) is 21.1. The molecule has 1 aromatic rings. The Labute approximate surface area is 251 Å². The van der Waals surface area contributed by atoms with Gasteiger partial charge in [0.1, 0.15) is 18.3 Å². The largest absolute Gasteiger partial charge is 0.462 e. The highest BCUT2D eigenvalue weighted by Crippen LogP contribution is 2.35. The smallest absolute Gasteiger partial charge is 0.303 e. The molecule has 2 rings (SSSR count). The predicted octanol–water partition coefficient (Wildman–Crippen LogP) is 7.11. The summed E-state index contributed by atoms with van der Waals surface area (Å²) in [5.74, 6) is -0.725. The fourth-order valence-electron chi connectivity index (χ4n) is 4.81. The third kappa shape index (κ3) is 11.7. The van der Waals surface area contributed by atoms with Crippen molar-refractivity contribution in [3.05, 3.63) is 61.7 Å². The second-order valence-electron chi connectivity index (χ2n) is 11.3. The number of carbonyl (C=O) groups excluding carboxylic acids is 2. The number of nitrogens with zero attached hydrogens (tertiary/aromatic N) is 4. The number of azo groups is 1. The second kappa shape index (κ2) is 16.6. The van der Waals surface area contributed by atoms with E-state index in [4.69, 9.17) is 14.2 Å². The van der Waals surface area contributed by atoms with Gasteiger partial charge in [0, 0.05) is 19.9 Å². The first-order chi connectivity index (χ1) is 20.2. The molecule has 43 heavy (non-hydrogen) atoms. The van der Waals surface area contributed by atoms with Crippen molar-refractivity contribution < 1.29 is 33.6 Å². The predicted molar refractivity (Wildman–Crippen MR) is 159 cm³/mol. The Hall–Kier alpha value is -4.00. The molecule has 1 saturated heterocycles. The summed E-state index contributed by atoms with van der Waals surface area (Å²) in [6.07, 6.45) is 7.23. The molecule has 13 nitrogen and oxygen atoms in total. The van der Waals surface area contributed by atoms with Gasteiger partial charge in [-0.1, -0.05) is 25.0 Å². The zero-order valence-electron chi connectivity index (χ0n) is 25.7. The van der Waals surface area contributed by atoms with Crippen LogP contribution in [0.15, 0.2) is 51.7 Å². The van der Waals surface area contributed by atoms with Crippen LogP contribution in [0.4, 0.5) is 17.1 Å². The Kier molecular flexibility index (Phi) is 13.6. The van der Waals surface area contributed by atoms with Crippen molar-refractivity contribution in [2.24, 2.45) is 16.1 Å². The molecule has 1 aromatic carbocycles. The van der Waals surface area contributed by atoms with E-state index in [1.165, 1.54) is 26.0 Å². The van der Waals surface area contributed by atoms with Crippen LogP contribution in [0.5, 0.6) is 0 Å². The van der Waals surface area contributed by atoms with E-state index in [0.29, 0.717) is 32.3 Å². The number of nitro benzene ring substituents is 2. The van der Waals surface area contributed by atoms with E-state index in [1.54, 1.807) is 0 Å². The summed E-state index contributed by atoms with van der Waals surface area (Å²) in [7, 11) is 0. The molecular weight excluding hydrogens is 560 g/mol. The van der Waals surface area contributed by atoms with Crippen molar-refractivity contribution in [2.45, 2.75) is 97.8 Å². The molecule has 0 radical (unpaired) electrons. The fraction of sp³-hybridized carbons (Fsp3) is 0.600. The van der Waals surface area contributed by atoms with E-state index >= 15 is 0 Å². The van der Waals surface area contributed by atoms with E-state index in [9.17, 15) is 29.8 Å². The van der Waals surface area contributed by atoms with E-state index < -0.39 is 32.9 Å². The van der Waals surface area contributed by atoms with Crippen LogP contribution in [-0.4, -0.2) is 52.7 Å². The molecule has 1 aliphatic rings. The molecule has 236 valence electrons. The highest BCUT2D eigenvalue weighted by Gasteiger charge is 2.39. The van der Waals surface area contributed by atoms with Gasteiger partial charge in [0.15, 0.2) is 5.69 Å². The molecule has 4 atom stereocenters. The molecule has 0 bridgehead atoms. The third-order valence-corrected chi connectivity index (χ3v) is 7.40. The van der Waals surface area contributed by atoms with Gasteiger partial charge >= 0.3 is 17.6 Å². The summed E-state index contributed by atoms with van der Waals surface area (Å²) in [5.41, 5.74) is 0.397. The Morgan fingerprint density at radius 3 is 2.49 bits per heavy atom. The minimum atomic E-state index is -0.737. The molecule has 2 unspecified atom stereocenters. The first-order valence-electron chi connectivity index (χ1n) is 14.3. The molecule has 0 spiro atoms.